The fourth-order valence-electron chi connectivity index (χ4n) is 6.49. The molecule has 0 spiro atoms. The Hall–Kier alpha value is -1.87. The van der Waals surface area contributed by atoms with Crippen LogP contribution in [0.4, 0.5) is 5.69 Å². The number of anilines is 1. The van der Waals surface area contributed by atoms with Crippen molar-refractivity contribution in [3.05, 3.63) is 41.5 Å². The highest BCUT2D eigenvalue weighted by molar-refractivity contribution is 6.22. The van der Waals surface area contributed by atoms with E-state index in [-0.39, 0.29) is 5.41 Å². The first-order valence-corrected chi connectivity index (χ1v) is 14.6. The average Bonchev–Trinajstić information content (AvgIpc) is 2.99. The van der Waals surface area contributed by atoms with Crippen LogP contribution in [0.25, 0.3) is 10.8 Å². The van der Waals surface area contributed by atoms with E-state index in [2.05, 4.69) is 67.8 Å². The maximum absolute atomic E-state index is 14.1. The Bertz CT molecular complexity index is 984. The van der Waals surface area contributed by atoms with Gasteiger partial charge in [-0.2, -0.15) is 0 Å². The third kappa shape index (κ3) is 5.45. The van der Waals surface area contributed by atoms with Gasteiger partial charge in [0.1, 0.15) is 0 Å². The number of nitrogens with zero attached hydrogens (tertiary/aromatic N) is 2. The maximum Gasteiger partial charge on any atom is 0.174 e. The molecule has 192 valence electrons. The van der Waals surface area contributed by atoms with Gasteiger partial charge in [-0.15, -0.1) is 0 Å². The van der Waals surface area contributed by atoms with E-state index in [0.717, 1.165) is 56.8 Å². The van der Waals surface area contributed by atoms with Crippen molar-refractivity contribution in [3.8, 4) is 0 Å². The van der Waals surface area contributed by atoms with Gasteiger partial charge in [-0.3, -0.25) is 4.79 Å². The summed E-state index contributed by atoms with van der Waals surface area (Å²) >= 11 is 0. The lowest BCUT2D eigenvalue weighted by molar-refractivity contribution is 0.0870. The van der Waals surface area contributed by atoms with Gasteiger partial charge in [0.2, 0.25) is 0 Å². The number of hydrogen-bond donors (Lipinski definition) is 0. The Morgan fingerprint density at radius 3 is 2.31 bits per heavy atom. The fourth-order valence-corrected chi connectivity index (χ4v) is 6.49. The van der Waals surface area contributed by atoms with Gasteiger partial charge in [-0.05, 0) is 61.7 Å². The summed E-state index contributed by atoms with van der Waals surface area (Å²) in [7, 11) is 0. The van der Waals surface area contributed by atoms with Gasteiger partial charge in [-0.25, -0.2) is 0 Å². The lowest BCUT2D eigenvalue weighted by Crippen LogP contribution is -2.33. The van der Waals surface area contributed by atoms with Gasteiger partial charge < -0.3 is 9.80 Å². The Balaban J connectivity index is 1.66. The lowest BCUT2D eigenvalue weighted by Gasteiger charge is -2.30. The van der Waals surface area contributed by atoms with Crippen molar-refractivity contribution in [1.82, 2.24) is 4.90 Å². The molecular weight excluding hydrogens is 428 g/mol. The number of Topliss-reactive ketones (excluding diaryl/α,β-unsaturated/α-hetero) is 1. The molecule has 0 saturated carbocycles. The molecule has 1 saturated heterocycles. The summed E-state index contributed by atoms with van der Waals surface area (Å²) in [5, 5.41) is 2.57. The molecule has 0 atom stereocenters. The van der Waals surface area contributed by atoms with Crippen LogP contribution in [0.3, 0.4) is 0 Å². The summed E-state index contributed by atoms with van der Waals surface area (Å²) in [4.78, 5) is 19.3. The normalized spacial score (nSPS) is 18.1. The van der Waals surface area contributed by atoms with E-state index in [0.29, 0.717) is 5.78 Å². The zero-order chi connectivity index (χ0) is 24.8. The SMILES string of the molecule is CCCCCC1(CCCCC)C(=O)c2cccc3c(N4CCCN(CCC(C)C)CC4)ccc1c23. The van der Waals surface area contributed by atoms with Crippen molar-refractivity contribution in [3.63, 3.8) is 0 Å². The zero-order valence-corrected chi connectivity index (χ0v) is 22.9. The molecule has 0 unspecified atom stereocenters. The van der Waals surface area contributed by atoms with Gasteiger partial charge in [-0.1, -0.05) is 90.5 Å². The molecule has 0 bridgehead atoms. The lowest BCUT2D eigenvalue weighted by atomic mass is 9.72. The highest BCUT2D eigenvalue weighted by Gasteiger charge is 2.46. The quantitative estimate of drug-likeness (QED) is 0.290. The van der Waals surface area contributed by atoms with E-state index in [1.165, 1.54) is 73.6 Å². The Kier molecular flexibility index (Phi) is 8.92. The second kappa shape index (κ2) is 11.9. The first kappa shape index (κ1) is 26.2. The first-order chi connectivity index (χ1) is 17.0. The van der Waals surface area contributed by atoms with Crippen LogP contribution >= 0.6 is 0 Å². The second-order valence-electron chi connectivity index (χ2n) is 11.6. The third-order valence-corrected chi connectivity index (χ3v) is 8.58. The molecule has 4 rings (SSSR count). The van der Waals surface area contributed by atoms with Crippen LogP contribution in [-0.4, -0.2) is 43.4 Å². The topological polar surface area (TPSA) is 23.6 Å². The molecular formula is C32H48N2O. The molecule has 1 aliphatic heterocycles. The standard InChI is InChI=1S/C32H48N2O/c1-5-7-9-18-32(19-10-8-6-2)28-15-16-29(26-13-11-14-27(30(26)28)31(32)35)34-21-12-20-33(23-24-34)22-17-25(3)4/h11,13-16,25H,5-10,12,17-24H2,1-4H3. The van der Waals surface area contributed by atoms with Crippen molar-refractivity contribution < 1.29 is 4.79 Å². The van der Waals surface area contributed by atoms with Gasteiger partial charge in [0, 0.05) is 36.3 Å². The molecule has 0 aromatic heterocycles. The van der Waals surface area contributed by atoms with Crippen molar-refractivity contribution in [2.24, 2.45) is 5.92 Å². The van der Waals surface area contributed by atoms with Gasteiger partial charge in [0.15, 0.2) is 5.78 Å². The molecule has 2 aromatic rings. The van der Waals surface area contributed by atoms with Crippen LogP contribution in [0, 0.1) is 5.92 Å². The number of carbonyl (C=O) groups is 1. The summed E-state index contributed by atoms with van der Waals surface area (Å²) in [6.45, 7) is 14.9. The molecule has 0 radical (unpaired) electrons. The van der Waals surface area contributed by atoms with Crippen LogP contribution in [0.15, 0.2) is 30.3 Å². The minimum atomic E-state index is -0.308. The maximum atomic E-state index is 14.1. The molecule has 0 amide bonds. The number of hydrogen-bond acceptors (Lipinski definition) is 3. The summed E-state index contributed by atoms with van der Waals surface area (Å²) in [5.74, 6) is 1.16. The second-order valence-corrected chi connectivity index (χ2v) is 11.6. The highest BCUT2D eigenvalue weighted by atomic mass is 16.1. The van der Waals surface area contributed by atoms with Gasteiger partial charge in [0.05, 0.1) is 5.41 Å². The van der Waals surface area contributed by atoms with E-state index in [4.69, 9.17) is 0 Å². The third-order valence-electron chi connectivity index (χ3n) is 8.58. The van der Waals surface area contributed by atoms with E-state index in [9.17, 15) is 4.79 Å². The number of carbonyl (C=O) groups excluding carboxylic acids is 1. The van der Waals surface area contributed by atoms with Crippen LogP contribution in [0.1, 0.15) is 108 Å². The summed E-state index contributed by atoms with van der Waals surface area (Å²) in [6, 6.07) is 11.2. The highest BCUT2D eigenvalue weighted by Crippen LogP contribution is 2.50. The van der Waals surface area contributed by atoms with Crippen molar-refractivity contribution in [2.45, 2.75) is 97.3 Å². The molecule has 2 aromatic carbocycles. The van der Waals surface area contributed by atoms with E-state index < -0.39 is 0 Å². The minimum absolute atomic E-state index is 0.308. The smallest absolute Gasteiger partial charge is 0.174 e. The van der Waals surface area contributed by atoms with E-state index >= 15 is 0 Å². The van der Waals surface area contributed by atoms with E-state index in [1.807, 2.05) is 0 Å². The van der Waals surface area contributed by atoms with Gasteiger partial charge in [0.25, 0.3) is 0 Å². The van der Waals surface area contributed by atoms with Crippen LogP contribution < -0.4 is 4.90 Å². The Morgan fingerprint density at radius 2 is 1.63 bits per heavy atom. The average molecular weight is 477 g/mol. The monoisotopic (exact) mass is 476 g/mol. The minimum Gasteiger partial charge on any atom is -0.370 e. The van der Waals surface area contributed by atoms with E-state index in [1.54, 1.807) is 0 Å². The predicted molar refractivity (Wildman–Crippen MR) is 151 cm³/mol. The number of unbranched alkanes of at least 4 members (excludes halogenated alkanes) is 4. The zero-order valence-electron chi connectivity index (χ0n) is 22.9. The number of benzene rings is 2. The van der Waals surface area contributed by atoms with Crippen LogP contribution in [0.2, 0.25) is 0 Å². The van der Waals surface area contributed by atoms with Crippen LogP contribution in [0.5, 0.6) is 0 Å². The van der Waals surface area contributed by atoms with Crippen LogP contribution in [-0.2, 0) is 5.41 Å². The van der Waals surface area contributed by atoms with Gasteiger partial charge >= 0.3 is 0 Å². The molecule has 1 heterocycles. The summed E-state index contributed by atoms with van der Waals surface area (Å²) < 4.78 is 0. The predicted octanol–water partition coefficient (Wildman–Crippen LogP) is 7.99. The Labute approximate surface area is 214 Å². The summed E-state index contributed by atoms with van der Waals surface area (Å²) in [6.07, 6.45) is 11.6. The molecule has 2 aliphatic rings. The van der Waals surface area contributed by atoms with Crippen molar-refractivity contribution in [2.75, 3.05) is 37.6 Å². The number of ketones is 1. The first-order valence-electron chi connectivity index (χ1n) is 14.6. The van der Waals surface area contributed by atoms with Crippen molar-refractivity contribution >= 4 is 22.2 Å². The molecule has 0 N–H and O–H groups in total. The molecule has 1 aliphatic carbocycles. The molecule has 3 nitrogen and oxygen atoms in total. The number of rotatable bonds is 12. The molecule has 1 fully saturated rings. The Morgan fingerprint density at radius 1 is 0.886 bits per heavy atom. The largest absolute Gasteiger partial charge is 0.370 e. The molecule has 3 heteroatoms. The molecule has 35 heavy (non-hydrogen) atoms. The van der Waals surface area contributed by atoms with Crippen molar-refractivity contribution in [1.29, 1.82) is 0 Å². The fraction of sp³-hybridized carbons (Fsp3) is 0.656. The summed E-state index contributed by atoms with van der Waals surface area (Å²) in [5.41, 5.74) is 3.34.